The summed E-state index contributed by atoms with van der Waals surface area (Å²) in [6.45, 7) is 2.33. The second-order valence-corrected chi connectivity index (χ2v) is 8.47. The second-order valence-electron chi connectivity index (χ2n) is 6.01. The van der Waals surface area contributed by atoms with Crippen LogP contribution in [0.1, 0.15) is 27.6 Å². The number of hydrazine groups is 1. The van der Waals surface area contributed by atoms with Gasteiger partial charge in [0.1, 0.15) is 5.75 Å². The molecule has 0 radical (unpaired) electrons. The van der Waals surface area contributed by atoms with Crippen molar-refractivity contribution in [1.82, 2.24) is 10.9 Å². The molecule has 0 aliphatic rings. The molecule has 156 valence electrons. The summed E-state index contributed by atoms with van der Waals surface area (Å²) in [5, 5.41) is 3.41. The maximum absolute atomic E-state index is 12.5. The molecule has 2 amide bonds. The van der Waals surface area contributed by atoms with Gasteiger partial charge in [0.2, 0.25) is 0 Å². The molecule has 2 aromatic carbocycles. The lowest BCUT2D eigenvalue weighted by molar-refractivity contribution is 0.0847. The van der Waals surface area contributed by atoms with Gasteiger partial charge in [-0.2, -0.15) is 11.3 Å². The van der Waals surface area contributed by atoms with Crippen molar-refractivity contribution in [2.24, 2.45) is 0 Å². The first-order chi connectivity index (χ1) is 14.4. The first-order valence-electron chi connectivity index (χ1n) is 8.87. The average Bonchev–Trinajstić information content (AvgIpc) is 3.28. The van der Waals surface area contributed by atoms with Gasteiger partial charge in [0.25, 0.3) is 21.8 Å². The maximum atomic E-state index is 12.5. The van der Waals surface area contributed by atoms with Crippen molar-refractivity contribution >= 4 is 38.9 Å². The predicted molar refractivity (Wildman–Crippen MR) is 114 cm³/mol. The average molecular weight is 446 g/mol. The molecule has 0 spiro atoms. The zero-order chi connectivity index (χ0) is 21.6. The van der Waals surface area contributed by atoms with Gasteiger partial charge in [-0.3, -0.25) is 25.2 Å². The van der Waals surface area contributed by atoms with Crippen LogP contribution < -0.4 is 20.3 Å². The van der Waals surface area contributed by atoms with E-state index in [1.807, 2.05) is 6.92 Å². The summed E-state index contributed by atoms with van der Waals surface area (Å²) < 4.78 is 32.8. The highest BCUT2D eigenvalue weighted by Gasteiger charge is 2.15. The van der Waals surface area contributed by atoms with Crippen LogP contribution in [0.2, 0.25) is 0 Å². The molecule has 8 nitrogen and oxygen atoms in total. The van der Waals surface area contributed by atoms with Crippen LogP contribution in [0, 0.1) is 0 Å². The van der Waals surface area contributed by atoms with Gasteiger partial charge in [-0.15, -0.1) is 0 Å². The molecule has 0 aliphatic carbocycles. The highest BCUT2D eigenvalue weighted by molar-refractivity contribution is 7.92. The minimum Gasteiger partial charge on any atom is -0.494 e. The van der Waals surface area contributed by atoms with Crippen LogP contribution in [0.5, 0.6) is 5.75 Å². The Morgan fingerprint density at radius 1 is 0.900 bits per heavy atom. The Balaban J connectivity index is 1.60. The third-order valence-corrected chi connectivity index (χ3v) is 6.00. The Kier molecular flexibility index (Phi) is 6.70. The van der Waals surface area contributed by atoms with E-state index in [-0.39, 0.29) is 10.5 Å². The van der Waals surface area contributed by atoms with E-state index < -0.39 is 21.8 Å². The fourth-order valence-corrected chi connectivity index (χ4v) is 4.13. The highest BCUT2D eigenvalue weighted by Crippen LogP contribution is 2.19. The molecule has 0 fully saturated rings. The van der Waals surface area contributed by atoms with Crippen LogP contribution >= 0.6 is 11.3 Å². The largest absolute Gasteiger partial charge is 0.494 e. The third-order valence-electron chi connectivity index (χ3n) is 3.92. The molecule has 3 aromatic rings. The van der Waals surface area contributed by atoms with Crippen molar-refractivity contribution in [2.75, 3.05) is 11.3 Å². The second kappa shape index (κ2) is 9.42. The number of sulfonamides is 1. The molecule has 3 rings (SSSR count). The molecule has 10 heteroatoms. The Labute approximate surface area is 177 Å². The summed E-state index contributed by atoms with van der Waals surface area (Å²) in [5.74, 6) is -0.373. The van der Waals surface area contributed by atoms with Crippen molar-refractivity contribution in [2.45, 2.75) is 11.8 Å². The van der Waals surface area contributed by atoms with Crippen LogP contribution in [-0.2, 0) is 10.0 Å². The maximum Gasteiger partial charge on any atom is 0.270 e. The summed E-state index contributed by atoms with van der Waals surface area (Å²) in [5.41, 5.74) is 5.62. The van der Waals surface area contributed by atoms with Gasteiger partial charge >= 0.3 is 0 Å². The lowest BCUT2D eigenvalue weighted by atomic mass is 10.2. The van der Waals surface area contributed by atoms with Gasteiger partial charge in [0, 0.05) is 16.6 Å². The number of nitrogens with one attached hydrogen (secondary N) is 3. The van der Waals surface area contributed by atoms with Gasteiger partial charge in [-0.1, -0.05) is 0 Å². The molecule has 0 atom stereocenters. The van der Waals surface area contributed by atoms with Gasteiger partial charge in [0.15, 0.2) is 0 Å². The van der Waals surface area contributed by atoms with E-state index in [0.29, 0.717) is 23.6 Å². The SMILES string of the molecule is CCOc1ccc(S(=O)(=O)Nc2ccc(C(=O)NNC(=O)c3ccsc3)cc2)cc1. The number of amides is 2. The number of ether oxygens (including phenoxy) is 1. The van der Waals surface area contributed by atoms with Crippen molar-refractivity contribution in [3.63, 3.8) is 0 Å². The zero-order valence-corrected chi connectivity index (χ0v) is 17.5. The van der Waals surface area contributed by atoms with Gasteiger partial charge in [-0.05, 0) is 66.9 Å². The molecule has 3 N–H and O–H groups in total. The van der Waals surface area contributed by atoms with Crippen molar-refractivity contribution in [1.29, 1.82) is 0 Å². The van der Waals surface area contributed by atoms with Crippen molar-refractivity contribution < 1.29 is 22.7 Å². The Bertz CT molecular complexity index is 1110. The molecule has 1 heterocycles. The van der Waals surface area contributed by atoms with Crippen molar-refractivity contribution in [3.8, 4) is 5.75 Å². The molecule has 1 aromatic heterocycles. The first kappa shape index (κ1) is 21.3. The van der Waals surface area contributed by atoms with Gasteiger partial charge in [0.05, 0.1) is 17.1 Å². The van der Waals surface area contributed by atoms with Gasteiger partial charge < -0.3 is 4.74 Å². The zero-order valence-electron chi connectivity index (χ0n) is 15.9. The first-order valence-corrected chi connectivity index (χ1v) is 11.3. The van der Waals surface area contributed by atoms with Crippen LogP contribution in [0.15, 0.2) is 70.3 Å². The van der Waals surface area contributed by atoms with E-state index in [1.54, 1.807) is 29.0 Å². The van der Waals surface area contributed by atoms with E-state index in [1.165, 1.54) is 47.7 Å². The highest BCUT2D eigenvalue weighted by atomic mass is 32.2. The van der Waals surface area contributed by atoms with Gasteiger partial charge in [-0.25, -0.2) is 8.42 Å². The Hall–Kier alpha value is -3.37. The summed E-state index contributed by atoms with van der Waals surface area (Å²) >= 11 is 1.37. The molecule has 0 bridgehead atoms. The standard InChI is InChI=1S/C20H19N3O5S2/c1-2-28-17-7-9-18(10-8-17)30(26,27)23-16-5-3-14(4-6-16)19(24)21-22-20(25)15-11-12-29-13-15/h3-13,23H,2H2,1H3,(H,21,24)(H,22,25). The van der Waals surface area contributed by atoms with Crippen molar-refractivity contribution in [3.05, 3.63) is 76.5 Å². The quantitative estimate of drug-likeness (QED) is 0.484. The molecule has 0 aliphatic heterocycles. The van der Waals surface area contributed by atoms with E-state index in [4.69, 9.17) is 4.74 Å². The summed E-state index contributed by atoms with van der Waals surface area (Å²) in [6.07, 6.45) is 0. The number of hydrogen-bond donors (Lipinski definition) is 3. The summed E-state index contributed by atoms with van der Waals surface area (Å²) in [4.78, 5) is 24.1. The normalized spacial score (nSPS) is 10.8. The van der Waals surface area contributed by atoms with Crippen LogP contribution in [-0.4, -0.2) is 26.8 Å². The molecule has 0 unspecified atom stereocenters. The monoisotopic (exact) mass is 445 g/mol. The molecule has 0 saturated carbocycles. The molecule has 0 saturated heterocycles. The fraction of sp³-hybridized carbons (Fsp3) is 0.100. The predicted octanol–water partition coefficient (Wildman–Crippen LogP) is 3.02. The lowest BCUT2D eigenvalue weighted by Crippen LogP contribution is -2.41. The number of benzene rings is 2. The number of rotatable bonds is 7. The number of anilines is 1. The lowest BCUT2D eigenvalue weighted by Gasteiger charge is -2.10. The molecule has 30 heavy (non-hydrogen) atoms. The van der Waals surface area contributed by atoms with E-state index in [9.17, 15) is 18.0 Å². The summed E-state index contributed by atoms with van der Waals surface area (Å²) in [7, 11) is -3.79. The van der Waals surface area contributed by atoms with Crippen LogP contribution in [0.25, 0.3) is 0 Å². The number of thiophene rings is 1. The van der Waals surface area contributed by atoms with Crippen LogP contribution in [0.4, 0.5) is 5.69 Å². The minimum absolute atomic E-state index is 0.0870. The Morgan fingerprint density at radius 3 is 2.10 bits per heavy atom. The topological polar surface area (TPSA) is 114 Å². The van der Waals surface area contributed by atoms with E-state index in [2.05, 4.69) is 15.6 Å². The fourth-order valence-electron chi connectivity index (χ4n) is 2.44. The van der Waals surface area contributed by atoms with E-state index >= 15 is 0 Å². The third kappa shape index (κ3) is 5.37. The number of hydrogen-bond acceptors (Lipinski definition) is 6. The smallest absolute Gasteiger partial charge is 0.270 e. The summed E-state index contributed by atoms with van der Waals surface area (Å²) in [6, 6.07) is 13.5. The number of carbonyl (C=O) groups excluding carboxylic acids is 2. The Morgan fingerprint density at radius 2 is 1.53 bits per heavy atom. The molecular weight excluding hydrogens is 426 g/mol. The van der Waals surface area contributed by atoms with E-state index in [0.717, 1.165) is 0 Å². The van der Waals surface area contributed by atoms with Crippen LogP contribution in [0.3, 0.4) is 0 Å². The minimum atomic E-state index is -3.79. The number of carbonyl (C=O) groups is 2. The molecular formula is C20H19N3O5S2.